The molecule has 0 radical (unpaired) electrons. The quantitative estimate of drug-likeness (QED) is 0.639. The second-order valence-corrected chi connectivity index (χ2v) is 7.03. The molecule has 29 heavy (non-hydrogen) atoms. The van der Waals surface area contributed by atoms with E-state index < -0.39 is 35.7 Å². The minimum atomic E-state index is -1.01. The summed E-state index contributed by atoms with van der Waals surface area (Å²) in [4.78, 5) is 33.6. The fraction of sp³-hybridized carbons (Fsp3) is 0.130. The van der Waals surface area contributed by atoms with E-state index in [9.17, 15) is 14.0 Å². The molecule has 0 saturated carbocycles. The van der Waals surface area contributed by atoms with E-state index in [-0.39, 0.29) is 0 Å². The van der Waals surface area contributed by atoms with E-state index in [1.54, 1.807) is 54.6 Å². The van der Waals surface area contributed by atoms with Gasteiger partial charge >= 0.3 is 0 Å². The third-order valence-corrected chi connectivity index (χ3v) is 5.36. The summed E-state index contributed by atoms with van der Waals surface area (Å²) in [5.74, 6) is -2.12. The smallest absolute Gasteiger partial charge is 0.266 e. The van der Waals surface area contributed by atoms with Crippen molar-refractivity contribution >= 4 is 23.2 Å². The summed E-state index contributed by atoms with van der Waals surface area (Å²) >= 11 is 0. The van der Waals surface area contributed by atoms with Gasteiger partial charge in [-0.05, 0) is 30.3 Å². The van der Waals surface area contributed by atoms with Crippen LogP contribution in [0.3, 0.4) is 0 Å². The normalized spacial score (nSPS) is 23.6. The first kappa shape index (κ1) is 17.6. The number of hydroxylamine groups is 1. The molecule has 0 bridgehead atoms. The molecule has 2 fully saturated rings. The minimum Gasteiger partial charge on any atom is -0.273 e. The number of rotatable bonds is 3. The average molecular weight is 388 g/mol. The van der Waals surface area contributed by atoms with Crippen molar-refractivity contribution < 1.29 is 18.8 Å². The summed E-state index contributed by atoms with van der Waals surface area (Å²) in [7, 11) is 0. The molecule has 144 valence electrons. The lowest BCUT2D eigenvalue weighted by molar-refractivity contribution is -0.126. The number of hydrogen-bond donors (Lipinski definition) is 0. The number of halogens is 1. The maximum Gasteiger partial charge on any atom is 0.266 e. The zero-order valence-corrected chi connectivity index (χ0v) is 15.3. The molecule has 2 aliphatic heterocycles. The first-order valence-electron chi connectivity index (χ1n) is 9.35. The largest absolute Gasteiger partial charge is 0.273 e. The lowest BCUT2D eigenvalue weighted by Crippen LogP contribution is -2.37. The van der Waals surface area contributed by atoms with Crippen LogP contribution in [0, 0.1) is 11.7 Å². The van der Waals surface area contributed by atoms with Gasteiger partial charge in [0.05, 0.1) is 17.4 Å². The van der Waals surface area contributed by atoms with Crippen LogP contribution >= 0.6 is 0 Å². The third kappa shape index (κ3) is 2.72. The zero-order chi connectivity index (χ0) is 20.0. The van der Waals surface area contributed by atoms with E-state index in [1.165, 1.54) is 11.1 Å². The minimum absolute atomic E-state index is 0.319. The van der Waals surface area contributed by atoms with Crippen LogP contribution in [0.5, 0.6) is 0 Å². The topological polar surface area (TPSA) is 49.9 Å². The molecular formula is C23H17FN2O3. The summed E-state index contributed by atoms with van der Waals surface area (Å²) in [5, 5.41) is 1.49. The highest BCUT2D eigenvalue weighted by molar-refractivity contribution is 6.23. The molecule has 5 rings (SSSR count). The Kier molecular flexibility index (Phi) is 4.14. The zero-order valence-electron chi connectivity index (χ0n) is 15.3. The molecule has 6 heteroatoms. The van der Waals surface area contributed by atoms with E-state index in [1.807, 2.05) is 24.3 Å². The molecule has 2 heterocycles. The Morgan fingerprint density at radius 3 is 1.97 bits per heavy atom. The van der Waals surface area contributed by atoms with Gasteiger partial charge < -0.3 is 0 Å². The van der Waals surface area contributed by atoms with Crippen LogP contribution < -0.4 is 9.96 Å². The van der Waals surface area contributed by atoms with Crippen molar-refractivity contribution in [2.75, 3.05) is 9.96 Å². The molecule has 3 atom stereocenters. The van der Waals surface area contributed by atoms with E-state index in [0.29, 0.717) is 16.9 Å². The van der Waals surface area contributed by atoms with Crippen LogP contribution in [-0.4, -0.2) is 17.9 Å². The molecule has 0 N–H and O–H groups in total. The van der Waals surface area contributed by atoms with Crippen LogP contribution in [-0.2, 0) is 14.4 Å². The molecule has 3 aromatic rings. The maximum atomic E-state index is 14.7. The van der Waals surface area contributed by atoms with Crippen molar-refractivity contribution in [2.45, 2.75) is 12.1 Å². The number of anilines is 2. The Labute approximate surface area is 166 Å². The van der Waals surface area contributed by atoms with Gasteiger partial charge in [0.25, 0.3) is 5.91 Å². The van der Waals surface area contributed by atoms with Crippen molar-refractivity contribution in [1.29, 1.82) is 0 Å². The van der Waals surface area contributed by atoms with Gasteiger partial charge in [-0.25, -0.2) is 14.4 Å². The Bertz CT molecular complexity index is 1070. The fourth-order valence-corrected chi connectivity index (χ4v) is 4.08. The van der Waals surface area contributed by atoms with Gasteiger partial charge in [-0.3, -0.25) is 14.4 Å². The molecule has 5 nitrogen and oxygen atoms in total. The fourth-order valence-electron chi connectivity index (χ4n) is 4.08. The standard InChI is InChI=1S/C23H17FN2O3/c24-18-14-8-7-13-17(18)20-19-21(29-26(20)16-11-5-2-6-12-16)23(28)25(22(19)27)15-9-3-1-4-10-15/h1-14,19-21H/t19-,20-,21+/m0/s1. The number of hydrogen-bond acceptors (Lipinski definition) is 4. The summed E-state index contributed by atoms with van der Waals surface area (Å²) in [6.45, 7) is 0. The molecule has 0 spiro atoms. The Hall–Kier alpha value is -3.51. The number of imide groups is 1. The van der Waals surface area contributed by atoms with Gasteiger partial charge in [-0.2, -0.15) is 0 Å². The highest BCUT2D eigenvalue weighted by Gasteiger charge is 2.60. The predicted molar refractivity (Wildman–Crippen MR) is 105 cm³/mol. The Balaban J connectivity index is 1.62. The van der Waals surface area contributed by atoms with Crippen LogP contribution in [0.25, 0.3) is 0 Å². The van der Waals surface area contributed by atoms with Gasteiger partial charge in [0, 0.05) is 5.56 Å². The molecule has 2 aliphatic rings. The van der Waals surface area contributed by atoms with Crippen molar-refractivity contribution in [3.05, 3.63) is 96.3 Å². The van der Waals surface area contributed by atoms with Crippen molar-refractivity contribution in [2.24, 2.45) is 5.92 Å². The van der Waals surface area contributed by atoms with Gasteiger partial charge in [0.1, 0.15) is 11.7 Å². The van der Waals surface area contributed by atoms with Gasteiger partial charge in [-0.1, -0.05) is 54.6 Å². The maximum absolute atomic E-state index is 14.7. The Morgan fingerprint density at radius 2 is 1.31 bits per heavy atom. The monoisotopic (exact) mass is 388 g/mol. The molecular weight excluding hydrogens is 371 g/mol. The number of para-hydroxylation sites is 2. The highest BCUT2D eigenvalue weighted by Crippen LogP contribution is 2.47. The third-order valence-electron chi connectivity index (χ3n) is 5.36. The lowest BCUT2D eigenvalue weighted by Gasteiger charge is -2.28. The average Bonchev–Trinajstić information content (AvgIpc) is 3.26. The second kappa shape index (κ2) is 6.83. The van der Waals surface area contributed by atoms with Crippen molar-refractivity contribution in [3.8, 4) is 0 Å². The van der Waals surface area contributed by atoms with Crippen LogP contribution in [0.15, 0.2) is 84.9 Å². The summed E-state index contributed by atoms with van der Waals surface area (Å²) in [5.41, 5.74) is 1.46. The van der Waals surface area contributed by atoms with Crippen molar-refractivity contribution in [1.82, 2.24) is 0 Å². The highest BCUT2D eigenvalue weighted by atomic mass is 19.1. The van der Waals surface area contributed by atoms with Crippen LogP contribution in [0.4, 0.5) is 15.8 Å². The van der Waals surface area contributed by atoms with Gasteiger partial charge in [0.2, 0.25) is 5.91 Å². The molecule has 2 amide bonds. The first-order chi connectivity index (χ1) is 14.2. The number of amides is 2. The number of nitrogens with zero attached hydrogens (tertiary/aromatic N) is 2. The molecule has 3 aromatic carbocycles. The SMILES string of the molecule is O=C1[C@@H]2[C@@H](ON(c3ccccc3)[C@H]2c2ccccc2F)C(=O)N1c1ccccc1. The number of carbonyl (C=O) groups is 2. The summed E-state index contributed by atoms with van der Waals surface area (Å²) < 4.78 is 14.7. The summed E-state index contributed by atoms with van der Waals surface area (Å²) in [6, 6.07) is 23.4. The van der Waals surface area contributed by atoms with Gasteiger partial charge in [-0.15, -0.1) is 0 Å². The van der Waals surface area contributed by atoms with Gasteiger partial charge in [0.15, 0.2) is 6.10 Å². The van der Waals surface area contributed by atoms with E-state index in [0.717, 1.165) is 4.90 Å². The van der Waals surface area contributed by atoms with Crippen LogP contribution in [0.1, 0.15) is 11.6 Å². The number of carbonyl (C=O) groups excluding carboxylic acids is 2. The first-order valence-corrected chi connectivity index (χ1v) is 9.35. The molecule has 2 saturated heterocycles. The predicted octanol–water partition coefficient (Wildman–Crippen LogP) is 3.88. The Morgan fingerprint density at radius 1 is 0.724 bits per heavy atom. The lowest BCUT2D eigenvalue weighted by atomic mass is 9.90. The summed E-state index contributed by atoms with van der Waals surface area (Å²) in [6.07, 6.45) is -1.01. The van der Waals surface area contributed by atoms with E-state index in [4.69, 9.17) is 4.84 Å². The van der Waals surface area contributed by atoms with E-state index >= 15 is 0 Å². The molecule has 0 aliphatic carbocycles. The van der Waals surface area contributed by atoms with E-state index in [2.05, 4.69) is 0 Å². The number of benzene rings is 3. The molecule has 0 unspecified atom stereocenters. The molecule has 0 aromatic heterocycles. The van der Waals surface area contributed by atoms with Crippen molar-refractivity contribution in [3.63, 3.8) is 0 Å². The second-order valence-electron chi connectivity index (χ2n) is 7.03. The number of fused-ring (bicyclic) bond motifs is 1. The van der Waals surface area contributed by atoms with Crippen LogP contribution in [0.2, 0.25) is 0 Å².